The Balaban J connectivity index is 0.000000325. The number of nitrogens with zero attached hydrogens (tertiary/aromatic N) is 2. The minimum atomic E-state index is -3.97. The Labute approximate surface area is 102 Å². The molecule has 0 aromatic carbocycles. The van der Waals surface area contributed by atoms with Crippen molar-refractivity contribution in [2.45, 2.75) is 6.92 Å². The minimum Gasteiger partial charge on any atom is -0.858 e. The maximum absolute atomic E-state index is 10.4. The number of aliphatic hydroxyl groups excluding tert-OH is 1. The third kappa shape index (κ3) is 8.66. The normalized spacial score (nSPS) is 18.2. The summed E-state index contributed by atoms with van der Waals surface area (Å²) in [5.74, 6) is -0.760. The number of rotatable bonds is 2. The van der Waals surface area contributed by atoms with Crippen molar-refractivity contribution in [3.05, 3.63) is 11.8 Å². The summed E-state index contributed by atoms with van der Waals surface area (Å²) in [6, 6.07) is 0. The second kappa shape index (κ2) is 5.99. The average molecular weight is 266 g/mol. The molecular formula is C9H18N2O5S. The van der Waals surface area contributed by atoms with Gasteiger partial charge in [-0.1, -0.05) is 0 Å². The number of aliphatic hydroxyl groups is 1. The summed E-state index contributed by atoms with van der Waals surface area (Å²) < 4.78 is 28.6. The molecule has 1 rings (SSSR count). The van der Waals surface area contributed by atoms with Gasteiger partial charge in [-0.25, -0.2) is 0 Å². The van der Waals surface area contributed by atoms with Crippen molar-refractivity contribution >= 4 is 16.2 Å². The molecule has 0 radical (unpaired) electrons. The lowest BCUT2D eigenvalue weighted by Gasteiger charge is -2.21. The van der Waals surface area contributed by atoms with Gasteiger partial charge in [0.15, 0.2) is 0 Å². The van der Waals surface area contributed by atoms with Crippen LogP contribution in [0.2, 0.25) is 0 Å². The fourth-order valence-corrected chi connectivity index (χ4v) is 1.51. The third-order valence-corrected chi connectivity index (χ3v) is 2.41. The molecule has 0 atom stereocenters. The molecule has 0 bridgehead atoms. The summed E-state index contributed by atoms with van der Waals surface area (Å²) in [4.78, 5) is 0. The van der Waals surface area contributed by atoms with Crippen LogP contribution in [0.15, 0.2) is 16.2 Å². The van der Waals surface area contributed by atoms with E-state index in [1.165, 1.54) is 6.92 Å². The highest BCUT2D eigenvalue weighted by Crippen LogP contribution is 2.09. The monoisotopic (exact) mass is 266 g/mol. The predicted octanol–water partition coefficient (Wildman–Crippen LogP) is -1.39. The van der Waals surface area contributed by atoms with Gasteiger partial charge in [-0.3, -0.25) is 0 Å². The first kappa shape index (κ1) is 15.9. The molecule has 0 aromatic rings. The molecule has 0 aromatic heterocycles. The van der Waals surface area contributed by atoms with Gasteiger partial charge < -0.3 is 18.9 Å². The van der Waals surface area contributed by atoms with Crippen molar-refractivity contribution in [1.29, 1.82) is 0 Å². The van der Waals surface area contributed by atoms with E-state index >= 15 is 0 Å². The highest BCUT2D eigenvalue weighted by atomic mass is 32.2. The lowest BCUT2D eigenvalue weighted by molar-refractivity contribution is -0.870. The van der Waals surface area contributed by atoms with Crippen LogP contribution in [0.1, 0.15) is 6.92 Å². The van der Waals surface area contributed by atoms with Crippen molar-refractivity contribution in [3.63, 3.8) is 0 Å². The van der Waals surface area contributed by atoms with E-state index in [4.69, 9.17) is 5.11 Å². The van der Waals surface area contributed by atoms with Crippen LogP contribution in [-0.4, -0.2) is 58.2 Å². The third-order valence-electron chi connectivity index (χ3n) is 1.54. The molecule has 100 valence electrons. The zero-order chi connectivity index (χ0) is 13.7. The van der Waals surface area contributed by atoms with Gasteiger partial charge in [-0.15, -0.1) is 4.40 Å². The standard InChI is InChI=1S/C5H14NO.C4H5NO4S/c1-6(2,3)4-5-7;1-3-2-4(6)5-10(7,8)9-3/h7H,4-5H2,1-3H3;2H,1H3,(H,5,6)/q+1;/p-1. The van der Waals surface area contributed by atoms with E-state index in [0.717, 1.165) is 17.1 Å². The van der Waals surface area contributed by atoms with E-state index in [1.807, 2.05) is 0 Å². The molecule has 7 nitrogen and oxygen atoms in total. The first-order valence-electron chi connectivity index (χ1n) is 4.87. The SMILES string of the molecule is CC1=CC([O-])=NS(=O)(=O)O1.C[N+](C)(C)CCO. The number of allylic oxidation sites excluding steroid dienone is 1. The summed E-state index contributed by atoms with van der Waals surface area (Å²) in [6.07, 6.45) is 1.00. The second-order valence-electron chi connectivity index (χ2n) is 4.43. The summed E-state index contributed by atoms with van der Waals surface area (Å²) >= 11 is 0. The molecule has 1 aliphatic rings. The largest absolute Gasteiger partial charge is 0.858 e. The van der Waals surface area contributed by atoms with Gasteiger partial charge in [0.1, 0.15) is 12.3 Å². The lowest BCUT2D eigenvalue weighted by Crippen LogP contribution is -2.36. The number of quaternary nitrogens is 1. The molecule has 0 fully saturated rings. The van der Waals surface area contributed by atoms with E-state index in [2.05, 4.69) is 29.7 Å². The fraction of sp³-hybridized carbons (Fsp3) is 0.667. The Bertz CT molecular complexity index is 406. The molecule has 0 unspecified atom stereocenters. The van der Waals surface area contributed by atoms with Gasteiger partial charge in [-0.2, -0.15) is 8.42 Å². The first-order chi connectivity index (χ1) is 7.56. The maximum atomic E-state index is 10.4. The lowest BCUT2D eigenvalue weighted by atomic mass is 10.5. The van der Waals surface area contributed by atoms with Crippen LogP contribution >= 0.6 is 0 Å². The predicted molar refractivity (Wildman–Crippen MR) is 61.2 cm³/mol. The average Bonchev–Trinajstić information content (AvgIpc) is 1.95. The van der Waals surface area contributed by atoms with Crippen LogP contribution in [0, 0.1) is 0 Å². The van der Waals surface area contributed by atoms with Gasteiger partial charge >= 0.3 is 10.3 Å². The molecule has 17 heavy (non-hydrogen) atoms. The van der Waals surface area contributed by atoms with E-state index in [1.54, 1.807) is 0 Å². The van der Waals surface area contributed by atoms with Gasteiger partial charge in [0, 0.05) is 5.90 Å². The molecule has 0 amide bonds. The minimum absolute atomic E-state index is 0.0417. The highest BCUT2D eigenvalue weighted by Gasteiger charge is 2.12. The molecule has 0 aliphatic carbocycles. The van der Waals surface area contributed by atoms with E-state index in [0.29, 0.717) is 0 Å². The summed E-state index contributed by atoms with van der Waals surface area (Å²) in [7, 11) is 2.18. The summed E-state index contributed by atoms with van der Waals surface area (Å²) in [6.45, 7) is 2.48. The Morgan fingerprint density at radius 1 is 1.47 bits per heavy atom. The fourth-order valence-electron chi connectivity index (χ4n) is 0.819. The molecule has 1 aliphatic heterocycles. The summed E-state index contributed by atoms with van der Waals surface area (Å²) in [5, 5.41) is 18.8. The van der Waals surface area contributed by atoms with E-state index in [-0.39, 0.29) is 12.4 Å². The molecule has 0 saturated carbocycles. The molecule has 0 spiro atoms. The van der Waals surface area contributed by atoms with Crippen molar-refractivity contribution < 1.29 is 27.3 Å². The molecule has 1 N–H and O–H groups in total. The maximum Gasteiger partial charge on any atom is 0.427 e. The molecule has 1 heterocycles. The van der Waals surface area contributed by atoms with Gasteiger partial charge in [0.25, 0.3) is 0 Å². The van der Waals surface area contributed by atoms with Crippen LogP contribution in [0.4, 0.5) is 0 Å². The smallest absolute Gasteiger partial charge is 0.427 e. The van der Waals surface area contributed by atoms with E-state index in [9.17, 15) is 13.5 Å². The number of likely N-dealkylation sites (N-methyl/N-ethyl adjacent to an activating group) is 1. The first-order valence-corrected chi connectivity index (χ1v) is 6.23. The van der Waals surface area contributed by atoms with Gasteiger partial charge in [-0.05, 0) is 13.0 Å². The zero-order valence-electron chi connectivity index (χ0n) is 10.4. The Kier molecular flexibility index (Phi) is 5.59. The van der Waals surface area contributed by atoms with Gasteiger partial charge in [0.05, 0.1) is 27.7 Å². The van der Waals surface area contributed by atoms with Crippen LogP contribution in [-0.2, 0) is 14.5 Å². The number of hydrogen-bond donors (Lipinski definition) is 1. The van der Waals surface area contributed by atoms with Crippen LogP contribution in [0.5, 0.6) is 0 Å². The quantitative estimate of drug-likeness (QED) is 0.620. The van der Waals surface area contributed by atoms with Crippen LogP contribution in [0.25, 0.3) is 0 Å². The molecule has 8 heteroatoms. The zero-order valence-corrected chi connectivity index (χ0v) is 11.2. The Hall–Kier alpha value is -1.12. The van der Waals surface area contributed by atoms with Crippen molar-refractivity contribution in [2.24, 2.45) is 4.40 Å². The second-order valence-corrected chi connectivity index (χ2v) is 5.64. The Morgan fingerprint density at radius 2 is 2.00 bits per heavy atom. The van der Waals surface area contributed by atoms with Gasteiger partial charge in [0.2, 0.25) is 0 Å². The highest BCUT2D eigenvalue weighted by molar-refractivity contribution is 7.85. The number of hydrogen-bond acceptors (Lipinski definition) is 5. The van der Waals surface area contributed by atoms with Crippen LogP contribution < -0.4 is 5.11 Å². The van der Waals surface area contributed by atoms with Crippen LogP contribution in [0.3, 0.4) is 0 Å². The molecule has 0 saturated heterocycles. The summed E-state index contributed by atoms with van der Waals surface area (Å²) in [5.41, 5.74) is 0. The van der Waals surface area contributed by atoms with Crippen molar-refractivity contribution in [2.75, 3.05) is 34.3 Å². The topological polar surface area (TPSA) is 99.0 Å². The Morgan fingerprint density at radius 3 is 2.24 bits per heavy atom. The van der Waals surface area contributed by atoms with Crippen molar-refractivity contribution in [1.82, 2.24) is 0 Å². The van der Waals surface area contributed by atoms with Crippen molar-refractivity contribution in [3.8, 4) is 0 Å². The molecular weight excluding hydrogens is 248 g/mol. The van der Waals surface area contributed by atoms with E-state index < -0.39 is 16.2 Å².